The minimum Gasteiger partial charge on any atom is -0.313 e. The molecule has 0 saturated carbocycles. The van der Waals surface area contributed by atoms with Gasteiger partial charge in [-0.3, -0.25) is 9.20 Å². The number of nitrogens with one attached hydrogen (secondary N) is 1. The van der Waals surface area contributed by atoms with Gasteiger partial charge in [0.15, 0.2) is 26.4 Å². The number of nitrogens with zero attached hydrogens (tertiary/aromatic N) is 5. The van der Waals surface area contributed by atoms with E-state index in [1.54, 1.807) is 37.8 Å². The second-order valence-electron chi connectivity index (χ2n) is 6.49. The normalized spacial score (nSPS) is 13.2. The number of fused-ring (bicyclic) bond motifs is 2. The molecule has 3 aromatic heterocycles. The minimum atomic E-state index is -3.31. The largest absolute Gasteiger partial charge is 0.313 e. The van der Waals surface area contributed by atoms with Gasteiger partial charge in [-0.05, 0) is 12.1 Å². The van der Waals surface area contributed by atoms with E-state index in [4.69, 9.17) is 0 Å². The Labute approximate surface area is 175 Å². The molecule has 9 nitrogen and oxygen atoms in total. The fourth-order valence-electron chi connectivity index (χ4n) is 3.15. The number of imidazole rings is 1. The van der Waals surface area contributed by atoms with Crippen LogP contribution < -0.4 is 5.32 Å². The van der Waals surface area contributed by atoms with Crippen molar-refractivity contribution in [3.05, 3.63) is 54.1 Å². The van der Waals surface area contributed by atoms with Crippen molar-refractivity contribution in [3.8, 4) is 11.3 Å². The highest BCUT2D eigenvalue weighted by molar-refractivity contribution is 7.93. The Morgan fingerprint density at radius 1 is 1.17 bits per heavy atom. The van der Waals surface area contributed by atoms with Gasteiger partial charge in [0.1, 0.15) is 4.21 Å². The molecule has 1 aromatic carbocycles. The summed E-state index contributed by atoms with van der Waals surface area (Å²) in [5.74, 6) is 0.231. The van der Waals surface area contributed by atoms with Gasteiger partial charge in [0.2, 0.25) is 0 Å². The Hall–Kier alpha value is -3.44. The maximum absolute atomic E-state index is 12.0. The summed E-state index contributed by atoms with van der Waals surface area (Å²) < 4.78 is 26.1. The molecule has 30 heavy (non-hydrogen) atoms. The van der Waals surface area contributed by atoms with Crippen LogP contribution in [0, 0.1) is 0 Å². The number of hydrogen-bond acceptors (Lipinski definition) is 8. The summed E-state index contributed by atoms with van der Waals surface area (Å²) in [5.41, 5.74) is 3.56. The van der Waals surface area contributed by atoms with Gasteiger partial charge < -0.3 is 5.32 Å². The zero-order valence-corrected chi connectivity index (χ0v) is 17.2. The number of hydrogen-bond donors (Lipinski definition) is 1. The van der Waals surface area contributed by atoms with Gasteiger partial charge >= 0.3 is 0 Å². The maximum atomic E-state index is 12.0. The van der Waals surface area contributed by atoms with Crippen LogP contribution in [0.15, 0.2) is 52.2 Å². The number of rotatable bonds is 5. The van der Waals surface area contributed by atoms with E-state index in [0.717, 1.165) is 28.2 Å². The van der Waals surface area contributed by atoms with E-state index in [1.165, 1.54) is 6.20 Å². The van der Waals surface area contributed by atoms with E-state index >= 15 is 0 Å². The second kappa shape index (κ2) is 6.82. The molecule has 11 heteroatoms. The van der Waals surface area contributed by atoms with Gasteiger partial charge in [0.05, 0.1) is 29.4 Å². The summed E-state index contributed by atoms with van der Waals surface area (Å²) in [5, 5.41) is 3.47. The molecule has 0 saturated heterocycles. The zero-order valence-electron chi connectivity index (χ0n) is 15.6. The first kappa shape index (κ1) is 18.6. The zero-order chi connectivity index (χ0) is 20.9. The summed E-state index contributed by atoms with van der Waals surface area (Å²) >= 11 is 1.05. The van der Waals surface area contributed by atoms with Crippen molar-refractivity contribution < 1.29 is 13.2 Å². The van der Waals surface area contributed by atoms with Crippen LogP contribution in [0.1, 0.15) is 22.8 Å². The van der Waals surface area contributed by atoms with E-state index in [2.05, 4.69) is 25.3 Å². The van der Waals surface area contributed by atoms with Gasteiger partial charge in [-0.1, -0.05) is 24.3 Å². The molecule has 0 aliphatic carbocycles. The molecular weight excluding hydrogens is 424 g/mol. The smallest absolute Gasteiger partial charge is 0.277 e. The third-order valence-corrected chi connectivity index (χ3v) is 7.92. The van der Waals surface area contributed by atoms with Crippen molar-refractivity contribution >= 4 is 49.9 Å². The Bertz CT molecular complexity index is 1450. The number of anilines is 2. The molecule has 0 unspecified atom stereocenters. The molecule has 0 atom stereocenters. The molecule has 5 rings (SSSR count). The minimum absolute atomic E-state index is 0.0170. The number of benzene rings is 1. The molecular formula is C19H14N6O3S2. The van der Waals surface area contributed by atoms with Gasteiger partial charge in [-0.2, -0.15) is 0 Å². The Kier molecular flexibility index (Phi) is 4.22. The van der Waals surface area contributed by atoms with Crippen LogP contribution in [-0.4, -0.2) is 45.6 Å². The number of carbonyl (C=O) groups is 1. The van der Waals surface area contributed by atoms with E-state index in [9.17, 15) is 13.2 Å². The number of amides is 1. The summed E-state index contributed by atoms with van der Waals surface area (Å²) in [6.45, 7) is 1.59. The van der Waals surface area contributed by atoms with Crippen molar-refractivity contribution in [3.63, 3.8) is 0 Å². The Morgan fingerprint density at radius 3 is 2.87 bits per heavy atom. The Morgan fingerprint density at radius 2 is 2.03 bits per heavy atom. The third-order valence-electron chi connectivity index (χ3n) is 4.72. The first-order valence-corrected chi connectivity index (χ1v) is 11.4. The second-order valence-corrected chi connectivity index (χ2v) is 10.0. The lowest BCUT2D eigenvalue weighted by molar-refractivity contribution is 0.101. The molecule has 0 fully saturated rings. The summed E-state index contributed by atoms with van der Waals surface area (Å²) in [7, 11) is -3.31. The van der Waals surface area contributed by atoms with Crippen LogP contribution in [0.3, 0.4) is 0 Å². The lowest BCUT2D eigenvalue weighted by Gasteiger charge is -2.10. The van der Waals surface area contributed by atoms with Crippen molar-refractivity contribution in [2.45, 2.75) is 11.1 Å². The molecule has 1 amide bonds. The topological polar surface area (TPSA) is 119 Å². The molecule has 1 aliphatic rings. The molecule has 4 aromatic rings. The monoisotopic (exact) mass is 438 g/mol. The molecule has 1 N–H and O–H groups in total. The van der Waals surface area contributed by atoms with Gasteiger partial charge in [-0.25, -0.2) is 28.4 Å². The summed E-state index contributed by atoms with van der Waals surface area (Å²) in [6.07, 6.45) is 8.04. The quantitative estimate of drug-likeness (QED) is 0.509. The molecule has 0 bridgehead atoms. The van der Waals surface area contributed by atoms with Crippen molar-refractivity contribution in [2.24, 2.45) is 4.99 Å². The van der Waals surface area contributed by atoms with Crippen LogP contribution >= 0.6 is 11.3 Å². The molecule has 1 aliphatic heterocycles. The number of aliphatic imine (C=N–C) groups is 1. The van der Waals surface area contributed by atoms with Crippen molar-refractivity contribution in [1.82, 2.24) is 19.4 Å². The third kappa shape index (κ3) is 2.99. The van der Waals surface area contributed by atoms with E-state index in [-0.39, 0.29) is 15.9 Å². The van der Waals surface area contributed by atoms with Gasteiger partial charge in [-0.15, -0.1) is 0 Å². The number of thiazole rings is 1. The first-order valence-electron chi connectivity index (χ1n) is 8.97. The highest BCUT2D eigenvalue weighted by atomic mass is 32.2. The number of sulfone groups is 1. The lowest BCUT2D eigenvalue weighted by Crippen LogP contribution is -2.01. The summed E-state index contributed by atoms with van der Waals surface area (Å²) in [6, 6.07) is 5.48. The molecule has 0 spiro atoms. The predicted molar refractivity (Wildman–Crippen MR) is 113 cm³/mol. The highest BCUT2D eigenvalue weighted by Crippen LogP contribution is 2.30. The molecule has 150 valence electrons. The van der Waals surface area contributed by atoms with Crippen LogP contribution in [0.4, 0.5) is 10.9 Å². The van der Waals surface area contributed by atoms with Gasteiger partial charge in [0.25, 0.3) is 5.91 Å². The standard InChI is InChI=1S/C19H14N6O3S2/c1-2-30(27,28)15-10-23-19(29-15)24-16-17-20-5-6-25(17)14(9-21-16)11-3-4-13-12(7-11)8-22-18(13)26/h3-10H,2H2,1H3,(H,21,23,24). The average molecular weight is 438 g/mol. The molecule has 4 heterocycles. The fraction of sp³-hybridized carbons (Fsp3) is 0.105. The van der Waals surface area contributed by atoms with Crippen molar-refractivity contribution in [2.75, 3.05) is 11.1 Å². The van der Waals surface area contributed by atoms with E-state index in [1.807, 2.05) is 16.5 Å². The maximum Gasteiger partial charge on any atom is 0.277 e. The van der Waals surface area contributed by atoms with Crippen LogP contribution in [0.5, 0.6) is 0 Å². The van der Waals surface area contributed by atoms with Crippen molar-refractivity contribution in [1.29, 1.82) is 0 Å². The van der Waals surface area contributed by atoms with Crippen LogP contribution in [-0.2, 0) is 9.84 Å². The van der Waals surface area contributed by atoms with E-state index < -0.39 is 9.84 Å². The first-order chi connectivity index (χ1) is 14.5. The molecule has 0 radical (unpaired) electrons. The number of carbonyl (C=O) groups excluding carboxylic acids is 1. The van der Waals surface area contributed by atoms with Crippen LogP contribution in [0.2, 0.25) is 0 Å². The Balaban J connectivity index is 1.53. The van der Waals surface area contributed by atoms with E-state index in [0.29, 0.717) is 22.2 Å². The number of aromatic nitrogens is 4. The average Bonchev–Trinajstić information content (AvgIpc) is 3.48. The fourth-order valence-corrected chi connectivity index (χ4v) is 5.29. The lowest BCUT2D eigenvalue weighted by atomic mass is 10.0. The van der Waals surface area contributed by atoms with Crippen LogP contribution in [0.25, 0.3) is 16.9 Å². The SMILES string of the molecule is CCS(=O)(=O)c1cnc(Nc2ncc(-c3ccc4c(c3)C=NC4=O)n3ccnc23)s1. The van der Waals surface area contributed by atoms with Gasteiger partial charge in [0, 0.05) is 29.7 Å². The summed E-state index contributed by atoms with van der Waals surface area (Å²) in [4.78, 5) is 28.5. The predicted octanol–water partition coefficient (Wildman–Crippen LogP) is 2.96. The highest BCUT2D eigenvalue weighted by Gasteiger charge is 2.19.